The molecule has 2 heterocycles. The third-order valence-corrected chi connectivity index (χ3v) is 2.47. The molecule has 0 saturated carbocycles. The fraction of sp³-hybridized carbons (Fsp3) is 0. The molecule has 0 aliphatic rings. The van der Waals surface area contributed by atoms with Gasteiger partial charge in [-0.1, -0.05) is 0 Å². The van der Waals surface area contributed by atoms with Crippen LogP contribution in [0.5, 0.6) is 0 Å². The molecule has 2 rings (SSSR count). The molecule has 0 N–H and O–H groups in total. The second kappa shape index (κ2) is 7.64. The van der Waals surface area contributed by atoms with Crippen molar-refractivity contribution >= 4 is 34.1 Å². The van der Waals surface area contributed by atoms with E-state index in [4.69, 9.17) is 0 Å². The van der Waals surface area contributed by atoms with Gasteiger partial charge in [0.2, 0.25) is 0 Å². The molecule has 2 aromatic heterocycles. The fourth-order valence-corrected chi connectivity index (χ4v) is 1.73. The molecule has 2 nitrogen and oxygen atoms in total. The van der Waals surface area contributed by atoms with Gasteiger partial charge < -0.3 is 0 Å². The van der Waals surface area contributed by atoms with E-state index < -0.39 is 0 Å². The average Bonchev–Trinajstić information content (AvgIpc) is 2.21. The van der Waals surface area contributed by atoms with Crippen LogP contribution in [0.1, 0.15) is 0 Å². The van der Waals surface area contributed by atoms with Crippen molar-refractivity contribution < 1.29 is 14.4 Å². The van der Waals surface area contributed by atoms with E-state index in [2.05, 4.69) is 9.97 Å². The Balaban J connectivity index is 0.000000980. The molecule has 0 atom stereocenters. The summed E-state index contributed by atoms with van der Waals surface area (Å²) in [6.07, 6.45) is 3.58. The fourth-order valence-electron chi connectivity index (χ4n) is 0.839. The molecular formula is C10H10Cl2N2Ni. The average molecular weight is 288 g/mol. The van der Waals surface area contributed by atoms with Crippen LogP contribution in [0, 0.1) is 0 Å². The summed E-state index contributed by atoms with van der Waals surface area (Å²) in [6.45, 7) is 0. The van der Waals surface area contributed by atoms with E-state index >= 15 is 0 Å². The van der Waals surface area contributed by atoms with Gasteiger partial charge in [-0.15, -0.1) is 24.8 Å². The van der Waals surface area contributed by atoms with Gasteiger partial charge in [0.15, 0.2) is 0 Å². The molecule has 0 radical (unpaired) electrons. The van der Waals surface area contributed by atoms with Gasteiger partial charge >= 0.3 is 82.5 Å². The monoisotopic (exact) mass is 286 g/mol. The number of nitrogens with zero attached hydrogens (tertiary/aromatic N) is 2. The molecule has 0 fully saturated rings. The summed E-state index contributed by atoms with van der Waals surface area (Å²) in [7, 11) is 0. The molecule has 2 aromatic rings. The van der Waals surface area contributed by atoms with E-state index in [1.165, 1.54) is 14.4 Å². The first-order valence-corrected chi connectivity index (χ1v) is 4.84. The van der Waals surface area contributed by atoms with E-state index in [1.54, 1.807) is 12.4 Å². The minimum atomic E-state index is 0. The van der Waals surface area contributed by atoms with Crippen LogP contribution < -0.4 is 9.33 Å². The predicted octanol–water partition coefficient (Wildman–Crippen LogP) is 1.35. The molecule has 0 amide bonds. The Bertz CT molecular complexity index is 332. The topological polar surface area (TPSA) is 25.8 Å². The quantitative estimate of drug-likeness (QED) is 0.780. The number of rotatable bonds is 2. The number of aromatic nitrogens is 2. The third kappa shape index (κ3) is 4.61. The Hall–Kier alpha value is -0.626. The zero-order valence-corrected chi connectivity index (χ0v) is 10.3. The van der Waals surface area contributed by atoms with Gasteiger partial charge in [0, 0.05) is 0 Å². The van der Waals surface area contributed by atoms with Crippen molar-refractivity contribution in [1.29, 1.82) is 0 Å². The molecule has 0 aliphatic heterocycles. The van der Waals surface area contributed by atoms with Crippen LogP contribution >= 0.6 is 24.8 Å². The van der Waals surface area contributed by atoms with Gasteiger partial charge in [0.25, 0.3) is 0 Å². The van der Waals surface area contributed by atoms with E-state index in [0.29, 0.717) is 0 Å². The van der Waals surface area contributed by atoms with Crippen LogP contribution in [0.2, 0.25) is 0 Å². The summed E-state index contributed by atoms with van der Waals surface area (Å²) in [5, 5.41) is 0. The second-order valence-corrected chi connectivity index (χ2v) is 3.58. The Morgan fingerprint density at radius 3 is 1.53 bits per heavy atom. The maximum absolute atomic E-state index is 4.21. The van der Waals surface area contributed by atoms with Gasteiger partial charge in [-0.25, -0.2) is 0 Å². The third-order valence-electron chi connectivity index (χ3n) is 1.38. The normalized spacial score (nSPS) is 8.80. The van der Waals surface area contributed by atoms with E-state index in [9.17, 15) is 0 Å². The van der Waals surface area contributed by atoms with Crippen LogP contribution in [0.25, 0.3) is 0 Å². The van der Waals surface area contributed by atoms with Crippen molar-refractivity contribution in [3.05, 3.63) is 48.8 Å². The van der Waals surface area contributed by atoms with Gasteiger partial charge in [-0.3, -0.25) is 0 Å². The van der Waals surface area contributed by atoms with Gasteiger partial charge in [-0.05, 0) is 0 Å². The molecular weight excluding hydrogens is 278 g/mol. The molecule has 15 heavy (non-hydrogen) atoms. The molecule has 0 spiro atoms. The van der Waals surface area contributed by atoms with Crippen molar-refractivity contribution in [3.63, 3.8) is 0 Å². The van der Waals surface area contributed by atoms with Crippen molar-refractivity contribution in [1.82, 2.24) is 9.97 Å². The first-order chi connectivity index (χ1) is 6.45. The van der Waals surface area contributed by atoms with Crippen LogP contribution in [-0.4, -0.2) is 9.97 Å². The van der Waals surface area contributed by atoms with Crippen LogP contribution in [0.3, 0.4) is 0 Å². The number of hydrogen-bond donors (Lipinski definition) is 0. The van der Waals surface area contributed by atoms with Crippen molar-refractivity contribution in [3.8, 4) is 0 Å². The number of halogens is 2. The van der Waals surface area contributed by atoms with Crippen LogP contribution in [0.15, 0.2) is 48.8 Å². The van der Waals surface area contributed by atoms with Crippen molar-refractivity contribution in [2.75, 3.05) is 0 Å². The molecule has 0 unspecified atom stereocenters. The van der Waals surface area contributed by atoms with E-state index in [0.717, 1.165) is 9.33 Å². The summed E-state index contributed by atoms with van der Waals surface area (Å²) in [4.78, 5) is 8.41. The molecule has 0 bridgehead atoms. The molecule has 0 saturated heterocycles. The zero-order chi connectivity index (χ0) is 8.93. The second-order valence-electron chi connectivity index (χ2n) is 2.32. The van der Waals surface area contributed by atoms with Gasteiger partial charge in [-0.2, -0.15) is 0 Å². The van der Waals surface area contributed by atoms with E-state index in [1.807, 2.05) is 36.4 Å². The first kappa shape index (κ1) is 14.4. The molecule has 0 aromatic carbocycles. The number of hydrogen-bond acceptors (Lipinski definition) is 2. The SMILES string of the molecule is Cl.Cl.c1cc[c]([Ni][c]2ccccn2)nc1. The molecule has 84 valence electrons. The van der Waals surface area contributed by atoms with Crippen LogP contribution in [-0.2, 0) is 14.4 Å². The number of pyridine rings is 2. The first-order valence-electron chi connectivity index (χ1n) is 3.86. The standard InChI is InChI=1S/2C5H4N.2ClH.Ni/c2*1-2-4-6-5-3-1;;;/h2*1-4H;2*1H;. The van der Waals surface area contributed by atoms with Gasteiger partial charge in [0.1, 0.15) is 0 Å². The Morgan fingerprint density at radius 2 is 1.20 bits per heavy atom. The maximum atomic E-state index is 4.21. The Labute approximate surface area is 107 Å². The Morgan fingerprint density at radius 1 is 0.733 bits per heavy atom. The molecule has 5 heteroatoms. The van der Waals surface area contributed by atoms with E-state index in [-0.39, 0.29) is 24.8 Å². The summed E-state index contributed by atoms with van der Waals surface area (Å²) in [6, 6.07) is 11.7. The van der Waals surface area contributed by atoms with Crippen molar-refractivity contribution in [2.24, 2.45) is 0 Å². The summed E-state index contributed by atoms with van der Waals surface area (Å²) in [5.74, 6) is 0. The predicted molar refractivity (Wildman–Crippen MR) is 62.2 cm³/mol. The summed E-state index contributed by atoms with van der Waals surface area (Å²) in [5.41, 5.74) is 0. The summed E-state index contributed by atoms with van der Waals surface area (Å²) < 4.78 is 1.99. The van der Waals surface area contributed by atoms with Crippen LogP contribution in [0.4, 0.5) is 0 Å². The zero-order valence-electron chi connectivity index (χ0n) is 7.65. The van der Waals surface area contributed by atoms with Gasteiger partial charge in [0.05, 0.1) is 0 Å². The minimum absolute atomic E-state index is 0. The molecule has 0 aliphatic carbocycles. The van der Waals surface area contributed by atoms with Crippen molar-refractivity contribution in [2.45, 2.75) is 0 Å². The summed E-state index contributed by atoms with van der Waals surface area (Å²) >= 11 is 1.38. The Kier molecular flexibility index (Phi) is 7.32.